The molecule has 0 unspecified atom stereocenters. The van der Waals surface area contributed by atoms with Gasteiger partial charge >= 0.3 is 0 Å². The van der Waals surface area contributed by atoms with Gasteiger partial charge in [-0.15, -0.1) is 0 Å². The molecule has 2 aromatic rings. The fraction of sp³-hybridized carbons (Fsp3) is 0.0667. The fourth-order valence-electron chi connectivity index (χ4n) is 1.99. The van der Waals surface area contributed by atoms with E-state index in [9.17, 15) is 0 Å². The van der Waals surface area contributed by atoms with Crippen LogP contribution in [0.4, 0.5) is 0 Å². The fourth-order valence-corrected chi connectivity index (χ4v) is 1.99. The van der Waals surface area contributed by atoms with Gasteiger partial charge in [-0.3, -0.25) is 0 Å². The van der Waals surface area contributed by atoms with Crippen LogP contribution in [-0.4, -0.2) is 0 Å². The van der Waals surface area contributed by atoms with Gasteiger partial charge in [0.2, 0.25) is 0 Å². The Hall–Kier alpha value is -2.22. The average molecular weight is 224 g/mol. The maximum absolute atomic E-state index is 5.83. The number of benzene rings is 2. The summed E-state index contributed by atoms with van der Waals surface area (Å²) in [7, 11) is 0. The lowest BCUT2D eigenvalue weighted by atomic mass is 10.1. The molecule has 0 atom stereocenters. The zero-order chi connectivity index (χ0) is 11.8. The first-order valence-corrected chi connectivity index (χ1v) is 5.50. The van der Waals surface area contributed by atoms with Gasteiger partial charge in [0.05, 0.1) is 0 Å². The molecule has 0 radical (unpaired) electrons. The quantitative estimate of drug-likeness (QED) is 0.728. The number of rotatable bonds is 1. The largest absolute Gasteiger partial charge is 0.454 e. The zero-order valence-electron chi connectivity index (χ0n) is 9.57. The van der Waals surface area contributed by atoms with Crippen molar-refractivity contribution in [1.29, 1.82) is 0 Å². The van der Waals surface area contributed by atoms with E-state index in [0.29, 0.717) is 5.76 Å². The Kier molecular flexibility index (Phi) is 2.15. The summed E-state index contributed by atoms with van der Waals surface area (Å²) in [5.74, 6) is 2.94. The van der Waals surface area contributed by atoms with Gasteiger partial charge in [-0.1, -0.05) is 36.9 Å². The van der Waals surface area contributed by atoms with Crippen molar-refractivity contribution < 1.29 is 9.47 Å². The molecule has 0 aromatic heterocycles. The second-order valence-corrected chi connectivity index (χ2v) is 3.94. The van der Waals surface area contributed by atoms with Crippen molar-refractivity contribution in [2.24, 2.45) is 0 Å². The van der Waals surface area contributed by atoms with Crippen molar-refractivity contribution in [2.45, 2.75) is 6.92 Å². The number of ether oxygens (including phenoxy) is 2. The van der Waals surface area contributed by atoms with Crippen LogP contribution in [0.5, 0.6) is 11.5 Å². The van der Waals surface area contributed by atoms with Gasteiger partial charge in [-0.05, 0) is 24.5 Å². The Bertz CT molecular complexity index is 638. The van der Waals surface area contributed by atoms with Gasteiger partial charge < -0.3 is 9.47 Å². The molecular formula is C15H12O2. The second kappa shape index (κ2) is 3.67. The maximum atomic E-state index is 5.83. The molecule has 0 saturated heterocycles. The first-order chi connectivity index (χ1) is 8.29. The van der Waals surface area contributed by atoms with E-state index in [1.54, 1.807) is 6.08 Å². The summed E-state index contributed by atoms with van der Waals surface area (Å²) < 4.78 is 11.6. The lowest BCUT2D eigenvalue weighted by Gasteiger charge is -2.21. The molecule has 0 saturated carbocycles. The SMILES string of the molecule is C=CC1=C(C)Oc2c(ccc3ccccc23)O1. The first kappa shape index (κ1) is 9.97. The highest BCUT2D eigenvalue weighted by molar-refractivity contribution is 5.91. The van der Waals surface area contributed by atoms with Crippen LogP contribution < -0.4 is 9.47 Å². The lowest BCUT2D eigenvalue weighted by molar-refractivity contribution is 0.309. The van der Waals surface area contributed by atoms with Gasteiger partial charge in [0, 0.05) is 5.39 Å². The number of hydrogen-bond donors (Lipinski definition) is 0. The van der Waals surface area contributed by atoms with E-state index in [2.05, 4.69) is 12.6 Å². The highest BCUT2D eigenvalue weighted by atomic mass is 16.6. The van der Waals surface area contributed by atoms with E-state index >= 15 is 0 Å². The molecule has 0 aliphatic carbocycles. The number of hydrogen-bond acceptors (Lipinski definition) is 2. The normalized spacial score (nSPS) is 13.9. The topological polar surface area (TPSA) is 18.5 Å². The molecule has 2 aromatic carbocycles. The summed E-state index contributed by atoms with van der Waals surface area (Å²) in [4.78, 5) is 0. The lowest BCUT2D eigenvalue weighted by Crippen LogP contribution is -2.08. The minimum absolute atomic E-state index is 0.674. The maximum Gasteiger partial charge on any atom is 0.177 e. The first-order valence-electron chi connectivity index (χ1n) is 5.50. The van der Waals surface area contributed by atoms with Crippen LogP contribution in [0.25, 0.3) is 10.8 Å². The molecule has 17 heavy (non-hydrogen) atoms. The summed E-state index contributed by atoms with van der Waals surface area (Å²) in [6.07, 6.45) is 1.66. The van der Waals surface area contributed by atoms with Gasteiger partial charge in [0.25, 0.3) is 0 Å². The molecule has 0 spiro atoms. The summed E-state index contributed by atoms with van der Waals surface area (Å²) in [6, 6.07) is 12.0. The van der Waals surface area contributed by atoms with E-state index in [1.807, 2.05) is 37.3 Å². The van der Waals surface area contributed by atoms with Crippen LogP contribution in [0, 0.1) is 0 Å². The van der Waals surface area contributed by atoms with Crippen molar-refractivity contribution in [3.8, 4) is 11.5 Å². The van der Waals surface area contributed by atoms with E-state index in [1.165, 1.54) is 0 Å². The highest BCUT2D eigenvalue weighted by Crippen LogP contribution is 2.40. The third kappa shape index (κ3) is 1.49. The van der Waals surface area contributed by atoms with Crippen LogP contribution in [0.1, 0.15) is 6.92 Å². The minimum Gasteiger partial charge on any atom is -0.454 e. The van der Waals surface area contributed by atoms with Crippen LogP contribution in [-0.2, 0) is 0 Å². The molecule has 1 aliphatic heterocycles. The molecule has 0 fully saturated rings. The molecule has 0 N–H and O–H groups in total. The van der Waals surface area contributed by atoms with Crippen LogP contribution >= 0.6 is 0 Å². The molecule has 0 bridgehead atoms. The van der Waals surface area contributed by atoms with Crippen molar-refractivity contribution >= 4 is 10.8 Å². The van der Waals surface area contributed by atoms with Crippen LogP contribution in [0.3, 0.4) is 0 Å². The average Bonchev–Trinajstić information content (AvgIpc) is 2.38. The molecule has 1 aliphatic rings. The highest BCUT2D eigenvalue weighted by Gasteiger charge is 2.19. The molecule has 84 valence electrons. The Morgan fingerprint density at radius 2 is 1.88 bits per heavy atom. The second-order valence-electron chi connectivity index (χ2n) is 3.94. The van der Waals surface area contributed by atoms with Crippen LogP contribution in [0.15, 0.2) is 60.6 Å². The summed E-state index contributed by atoms with van der Waals surface area (Å²) >= 11 is 0. The molecule has 2 heteroatoms. The van der Waals surface area contributed by atoms with Gasteiger partial charge in [-0.25, -0.2) is 0 Å². The summed E-state index contributed by atoms with van der Waals surface area (Å²) in [6.45, 7) is 5.58. The van der Waals surface area contributed by atoms with Crippen molar-refractivity contribution in [3.05, 3.63) is 60.6 Å². The third-order valence-electron chi connectivity index (χ3n) is 2.85. The smallest absolute Gasteiger partial charge is 0.177 e. The molecule has 0 amide bonds. The van der Waals surface area contributed by atoms with E-state index in [4.69, 9.17) is 9.47 Å². The molecule has 1 heterocycles. The monoisotopic (exact) mass is 224 g/mol. The Balaban J connectivity index is 2.24. The molecular weight excluding hydrogens is 212 g/mol. The Morgan fingerprint density at radius 1 is 1.06 bits per heavy atom. The van der Waals surface area contributed by atoms with Crippen LogP contribution in [0.2, 0.25) is 0 Å². The van der Waals surface area contributed by atoms with E-state index in [-0.39, 0.29) is 0 Å². The Morgan fingerprint density at radius 3 is 2.71 bits per heavy atom. The predicted molar refractivity (Wildman–Crippen MR) is 68.1 cm³/mol. The standard InChI is InChI=1S/C15H12O2/c1-3-13-10(2)16-15-12-7-5-4-6-11(12)8-9-14(15)17-13/h3-9H,1H2,2H3. The van der Waals surface area contributed by atoms with E-state index in [0.717, 1.165) is 28.0 Å². The van der Waals surface area contributed by atoms with Gasteiger partial charge in [-0.2, -0.15) is 0 Å². The van der Waals surface area contributed by atoms with Crippen molar-refractivity contribution in [3.63, 3.8) is 0 Å². The minimum atomic E-state index is 0.674. The number of fused-ring (bicyclic) bond motifs is 3. The third-order valence-corrected chi connectivity index (χ3v) is 2.85. The van der Waals surface area contributed by atoms with Gasteiger partial charge in [0.15, 0.2) is 17.3 Å². The van der Waals surface area contributed by atoms with Gasteiger partial charge in [0.1, 0.15) is 5.76 Å². The molecule has 2 nitrogen and oxygen atoms in total. The van der Waals surface area contributed by atoms with E-state index < -0.39 is 0 Å². The molecule has 3 rings (SSSR count). The number of allylic oxidation sites excluding steroid dienone is 2. The Labute approximate surface area is 99.8 Å². The summed E-state index contributed by atoms with van der Waals surface area (Å²) in [5, 5.41) is 2.21. The van der Waals surface area contributed by atoms with Crippen molar-refractivity contribution in [2.75, 3.05) is 0 Å². The predicted octanol–water partition coefficient (Wildman–Crippen LogP) is 4.03. The summed E-state index contributed by atoms with van der Waals surface area (Å²) in [5.41, 5.74) is 0. The zero-order valence-corrected chi connectivity index (χ0v) is 9.57. The van der Waals surface area contributed by atoms with Crippen molar-refractivity contribution in [1.82, 2.24) is 0 Å².